The summed E-state index contributed by atoms with van der Waals surface area (Å²) in [6.07, 6.45) is 1.57. The fourth-order valence-electron chi connectivity index (χ4n) is 2.32. The monoisotopic (exact) mass is 406 g/mol. The van der Waals surface area contributed by atoms with E-state index in [9.17, 15) is 4.79 Å². The van der Waals surface area contributed by atoms with Gasteiger partial charge in [0.25, 0.3) is 0 Å². The topological polar surface area (TPSA) is 55.0 Å². The molecule has 0 bridgehead atoms. The Morgan fingerprint density at radius 3 is 2.50 bits per heavy atom. The van der Waals surface area contributed by atoms with Crippen LogP contribution in [0, 0.1) is 28.7 Å². The molecule has 4 nitrogen and oxygen atoms in total. The van der Waals surface area contributed by atoms with E-state index in [0.29, 0.717) is 0 Å². The minimum atomic E-state index is -0.624. The number of aromatic nitrogens is 1. The summed E-state index contributed by atoms with van der Waals surface area (Å²) in [5, 5.41) is 9.08. The summed E-state index contributed by atoms with van der Waals surface area (Å²) in [5.74, 6) is -0.624. The van der Waals surface area contributed by atoms with E-state index in [2.05, 4.69) is 31.9 Å². The fourth-order valence-corrected chi connectivity index (χ4v) is 2.68. The predicted octanol–water partition coefficient (Wildman–Crippen LogP) is 3.78. The Morgan fingerprint density at radius 1 is 1.32 bits per heavy atom. The van der Waals surface area contributed by atoms with Gasteiger partial charge < -0.3 is 9.30 Å². The first kappa shape index (κ1) is 16.3. The van der Waals surface area contributed by atoms with Crippen molar-refractivity contribution in [2.45, 2.75) is 13.8 Å². The number of rotatable bonds is 3. The van der Waals surface area contributed by atoms with Crippen LogP contribution in [0.3, 0.4) is 0 Å². The molecule has 0 saturated heterocycles. The molecule has 0 saturated carbocycles. The third-order valence-electron chi connectivity index (χ3n) is 3.38. The van der Waals surface area contributed by atoms with Gasteiger partial charge in [0.1, 0.15) is 11.6 Å². The molecule has 0 aliphatic heterocycles. The molecular formula is C17H15IN2O2. The molecule has 1 heterocycles. The van der Waals surface area contributed by atoms with Crippen LogP contribution >= 0.6 is 22.6 Å². The zero-order valence-corrected chi connectivity index (χ0v) is 14.7. The molecule has 0 amide bonds. The van der Waals surface area contributed by atoms with E-state index >= 15 is 0 Å². The summed E-state index contributed by atoms with van der Waals surface area (Å²) in [6.45, 7) is 3.95. The molecule has 1 aromatic heterocycles. The van der Waals surface area contributed by atoms with E-state index < -0.39 is 5.97 Å². The van der Waals surface area contributed by atoms with Gasteiger partial charge in [-0.2, -0.15) is 5.26 Å². The van der Waals surface area contributed by atoms with Crippen molar-refractivity contribution in [3.8, 4) is 11.8 Å². The van der Waals surface area contributed by atoms with Crippen LogP contribution < -0.4 is 0 Å². The first-order chi connectivity index (χ1) is 10.5. The zero-order chi connectivity index (χ0) is 16.3. The van der Waals surface area contributed by atoms with Gasteiger partial charge in [-0.1, -0.05) is 0 Å². The van der Waals surface area contributed by atoms with Crippen LogP contribution in [0.15, 0.2) is 35.9 Å². The largest absolute Gasteiger partial charge is 0.465 e. The Bertz CT molecular complexity index is 780. The number of hydrogen-bond acceptors (Lipinski definition) is 3. The Hall–Kier alpha value is -2.07. The van der Waals surface area contributed by atoms with E-state index in [1.807, 2.05) is 50.2 Å². The van der Waals surface area contributed by atoms with Crippen LogP contribution in [0.4, 0.5) is 0 Å². The lowest BCUT2D eigenvalue weighted by Crippen LogP contribution is -2.03. The second kappa shape index (κ2) is 6.79. The molecule has 112 valence electrons. The van der Waals surface area contributed by atoms with Crippen molar-refractivity contribution in [3.63, 3.8) is 0 Å². The smallest absolute Gasteiger partial charge is 0.348 e. The highest BCUT2D eigenvalue weighted by atomic mass is 127. The number of aryl methyl sites for hydroxylation is 1. The van der Waals surface area contributed by atoms with Crippen LogP contribution in [0.5, 0.6) is 0 Å². The third kappa shape index (κ3) is 3.22. The van der Waals surface area contributed by atoms with Crippen LogP contribution in [0.25, 0.3) is 11.8 Å². The molecule has 2 rings (SSSR count). The second-order valence-corrected chi connectivity index (χ2v) is 6.05. The molecule has 2 aromatic rings. The second-order valence-electron chi connectivity index (χ2n) is 4.80. The van der Waals surface area contributed by atoms with Gasteiger partial charge in [0, 0.05) is 20.6 Å². The number of nitrogens with zero attached hydrogens (tertiary/aromatic N) is 2. The standard InChI is InChI=1S/C17H15IN2O2/c1-11-8-13(9-14(10-19)17(21)22-3)12(2)20(11)16-6-4-15(18)5-7-16/h4-9H,1-3H3. The number of nitriles is 1. The lowest BCUT2D eigenvalue weighted by atomic mass is 10.1. The number of carbonyl (C=O) groups excluding carboxylic acids is 1. The molecule has 0 spiro atoms. The highest BCUT2D eigenvalue weighted by Gasteiger charge is 2.13. The highest BCUT2D eigenvalue weighted by molar-refractivity contribution is 14.1. The molecule has 0 aliphatic carbocycles. The average molecular weight is 406 g/mol. The highest BCUT2D eigenvalue weighted by Crippen LogP contribution is 2.23. The number of halogens is 1. The van der Waals surface area contributed by atoms with Crippen molar-refractivity contribution in [3.05, 3.63) is 56.4 Å². The number of benzene rings is 1. The molecule has 5 heteroatoms. The molecule has 1 aromatic carbocycles. The van der Waals surface area contributed by atoms with E-state index in [0.717, 1.165) is 22.6 Å². The van der Waals surface area contributed by atoms with E-state index in [1.165, 1.54) is 10.7 Å². The van der Waals surface area contributed by atoms with Gasteiger partial charge in [-0.25, -0.2) is 4.79 Å². The van der Waals surface area contributed by atoms with Crippen LogP contribution in [-0.2, 0) is 9.53 Å². The number of ether oxygens (including phenoxy) is 1. The molecule has 0 unspecified atom stereocenters. The van der Waals surface area contributed by atoms with Gasteiger partial charge in [0.05, 0.1) is 7.11 Å². The summed E-state index contributed by atoms with van der Waals surface area (Å²) in [4.78, 5) is 11.5. The number of hydrogen-bond donors (Lipinski definition) is 0. The lowest BCUT2D eigenvalue weighted by molar-refractivity contribution is -0.135. The third-order valence-corrected chi connectivity index (χ3v) is 4.10. The minimum absolute atomic E-state index is 0.00893. The quantitative estimate of drug-likeness (QED) is 0.338. The summed E-state index contributed by atoms with van der Waals surface area (Å²) < 4.78 is 7.87. The maximum Gasteiger partial charge on any atom is 0.348 e. The summed E-state index contributed by atoms with van der Waals surface area (Å²) in [6, 6.07) is 12.0. The molecule has 0 fully saturated rings. The van der Waals surface area contributed by atoms with Crippen LogP contribution in [0.2, 0.25) is 0 Å². The van der Waals surface area contributed by atoms with E-state index in [-0.39, 0.29) is 5.57 Å². The van der Waals surface area contributed by atoms with Gasteiger partial charge in [-0.05, 0) is 78.4 Å². The van der Waals surface area contributed by atoms with Gasteiger partial charge in [-0.3, -0.25) is 0 Å². The first-order valence-corrected chi connectivity index (χ1v) is 7.70. The molecule has 22 heavy (non-hydrogen) atoms. The van der Waals surface area contributed by atoms with E-state index in [1.54, 1.807) is 6.08 Å². The Labute approximate surface area is 143 Å². The zero-order valence-electron chi connectivity index (χ0n) is 12.6. The van der Waals surface area contributed by atoms with Crippen molar-refractivity contribution in [1.82, 2.24) is 4.57 Å². The van der Waals surface area contributed by atoms with Crippen molar-refractivity contribution < 1.29 is 9.53 Å². The van der Waals surface area contributed by atoms with E-state index in [4.69, 9.17) is 5.26 Å². The SMILES string of the molecule is COC(=O)C(C#N)=Cc1cc(C)n(-c2ccc(I)cc2)c1C. The molecule has 0 atom stereocenters. The van der Waals surface area contributed by atoms with Gasteiger partial charge >= 0.3 is 5.97 Å². The van der Waals surface area contributed by atoms with Gasteiger partial charge in [-0.15, -0.1) is 0 Å². The Kier molecular flexibility index (Phi) is 5.03. The summed E-state index contributed by atoms with van der Waals surface area (Å²) >= 11 is 2.26. The molecule has 0 radical (unpaired) electrons. The normalized spacial score (nSPS) is 11.1. The molecule has 0 N–H and O–H groups in total. The average Bonchev–Trinajstić information content (AvgIpc) is 2.79. The van der Waals surface area contributed by atoms with Crippen molar-refractivity contribution in [2.75, 3.05) is 7.11 Å². The number of esters is 1. The number of methoxy groups -OCH3 is 1. The fraction of sp³-hybridized carbons (Fsp3) is 0.176. The maximum atomic E-state index is 11.5. The number of carbonyl (C=O) groups is 1. The minimum Gasteiger partial charge on any atom is -0.465 e. The lowest BCUT2D eigenvalue weighted by Gasteiger charge is -2.09. The first-order valence-electron chi connectivity index (χ1n) is 6.63. The summed E-state index contributed by atoms with van der Waals surface area (Å²) in [5.41, 5.74) is 3.87. The Balaban J connectivity index is 2.52. The van der Waals surface area contributed by atoms with Gasteiger partial charge in [0.15, 0.2) is 0 Å². The van der Waals surface area contributed by atoms with Crippen molar-refractivity contribution in [2.24, 2.45) is 0 Å². The Morgan fingerprint density at radius 2 is 1.95 bits per heavy atom. The van der Waals surface area contributed by atoms with Crippen LogP contribution in [0.1, 0.15) is 17.0 Å². The maximum absolute atomic E-state index is 11.5. The van der Waals surface area contributed by atoms with Crippen LogP contribution in [-0.4, -0.2) is 17.6 Å². The summed E-state index contributed by atoms with van der Waals surface area (Å²) in [7, 11) is 1.27. The predicted molar refractivity (Wildman–Crippen MR) is 93.6 cm³/mol. The van der Waals surface area contributed by atoms with Gasteiger partial charge in [0.2, 0.25) is 0 Å². The molecule has 0 aliphatic rings. The van der Waals surface area contributed by atoms with Crippen molar-refractivity contribution >= 4 is 34.6 Å². The molecular weight excluding hydrogens is 391 g/mol. The van der Waals surface area contributed by atoms with Crippen molar-refractivity contribution in [1.29, 1.82) is 5.26 Å².